The number of hydrogen-bond donors (Lipinski definition) is 1. The highest BCUT2D eigenvalue weighted by Crippen LogP contribution is 2.36. The summed E-state index contributed by atoms with van der Waals surface area (Å²) >= 11 is 0. The first-order chi connectivity index (χ1) is 8.86. The van der Waals surface area contributed by atoms with Crippen LogP contribution in [0.5, 0.6) is 0 Å². The highest BCUT2D eigenvalue weighted by Gasteiger charge is 2.35. The molecule has 3 fully saturated rings. The van der Waals surface area contributed by atoms with Crippen LogP contribution in [0, 0.1) is 5.92 Å². The quantitative estimate of drug-likeness (QED) is 0.836. The van der Waals surface area contributed by atoms with Crippen LogP contribution in [0.2, 0.25) is 0 Å². The molecule has 0 bridgehead atoms. The minimum absolute atomic E-state index is 0.335. The van der Waals surface area contributed by atoms with Gasteiger partial charge in [-0.05, 0) is 51.0 Å². The van der Waals surface area contributed by atoms with Crippen molar-refractivity contribution in [3.05, 3.63) is 0 Å². The molecule has 0 aromatic carbocycles. The molecule has 2 saturated heterocycles. The summed E-state index contributed by atoms with van der Waals surface area (Å²) in [5.74, 6) is 0.985. The van der Waals surface area contributed by atoms with Gasteiger partial charge in [0.05, 0.1) is 12.2 Å². The van der Waals surface area contributed by atoms with Gasteiger partial charge in [0.15, 0.2) is 0 Å². The summed E-state index contributed by atoms with van der Waals surface area (Å²) in [6, 6.07) is 0.869. The van der Waals surface area contributed by atoms with Crippen LogP contribution in [0.25, 0.3) is 0 Å². The molecular weight excluding hydrogens is 224 g/mol. The van der Waals surface area contributed by atoms with Gasteiger partial charge in [0, 0.05) is 19.1 Å². The van der Waals surface area contributed by atoms with Gasteiger partial charge in [-0.3, -0.25) is 4.90 Å². The Morgan fingerprint density at radius 1 is 0.944 bits per heavy atom. The summed E-state index contributed by atoms with van der Waals surface area (Å²) in [5, 5.41) is 0. The third kappa shape index (κ3) is 2.73. The molecule has 2 heterocycles. The van der Waals surface area contributed by atoms with Gasteiger partial charge >= 0.3 is 0 Å². The van der Waals surface area contributed by atoms with Gasteiger partial charge < -0.3 is 10.5 Å². The molecule has 104 valence electrons. The Morgan fingerprint density at radius 2 is 1.72 bits per heavy atom. The summed E-state index contributed by atoms with van der Waals surface area (Å²) in [6.45, 7) is 3.16. The maximum Gasteiger partial charge on any atom is 0.0707 e. The Balaban J connectivity index is 1.55. The molecule has 18 heavy (non-hydrogen) atoms. The van der Waals surface area contributed by atoms with E-state index in [1.54, 1.807) is 0 Å². The number of nitrogens with two attached hydrogens (primary N) is 1. The van der Waals surface area contributed by atoms with Crippen molar-refractivity contribution in [1.29, 1.82) is 0 Å². The molecule has 0 amide bonds. The topological polar surface area (TPSA) is 38.5 Å². The fourth-order valence-electron chi connectivity index (χ4n) is 4.30. The van der Waals surface area contributed by atoms with E-state index in [0.717, 1.165) is 18.5 Å². The maximum absolute atomic E-state index is 6.03. The molecule has 0 radical (unpaired) electrons. The van der Waals surface area contributed by atoms with Crippen LogP contribution in [-0.2, 0) is 4.74 Å². The molecule has 1 aliphatic carbocycles. The van der Waals surface area contributed by atoms with Gasteiger partial charge in [-0.1, -0.05) is 12.8 Å². The Bertz CT molecular complexity index is 269. The van der Waals surface area contributed by atoms with Crippen LogP contribution in [0.15, 0.2) is 0 Å². The summed E-state index contributed by atoms with van der Waals surface area (Å²) in [5.41, 5.74) is 5.70. The fraction of sp³-hybridized carbons (Fsp3) is 1.00. The fourth-order valence-corrected chi connectivity index (χ4v) is 4.30. The van der Waals surface area contributed by atoms with Crippen molar-refractivity contribution in [3.63, 3.8) is 0 Å². The standard InChI is InChI=1S/C15H28N2O/c16-10-13-7-8-14(18-13)11-17-9-3-5-12-4-1-2-6-15(12)17/h12-15H,1-11,16H2/t12-,13?,14?,15-/m1/s1. The van der Waals surface area contributed by atoms with E-state index < -0.39 is 0 Å². The second kappa shape index (κ2) is 5.89. The van der Waals surface area contributed by atoms with Gasteiger partial charge in [0.2, 0.25) is 0 Å². The van der Waals surface area contributed by atoms with Gasteiger partial charge in [0.1, 0.15) is 0 Å². The monoisotopic (exact) mass is 252 g/mol. The van der Waals surface area contributed by atoms with E-state index in [-0.39, 0.29) is 0 Å². The van der Waals surface area contributed by atoms with Crippen molar-refractivity contribution in [2.24, 2.45) is 11.7 Å². The molecule has 1 saturated carbocycles. The third-order valence-corrected chi connectivity index (χ3v) is 5.25. The van der Waals surface area contributed by atoms with Gasteiger partial charge in [-0.25, -0.2) is 0 Å². The number of piperidine rings is 1. The Morgan fingerprint density at radius 3 is 2.56 bits per heavy atom. The van der Waals surface area contributed by atoms with Crippen LogP contribution >= 0.6 is 0 Å². The summed E-state index contributed by atoms with van der Waals surface area (Å²) in [4.78, 5) is 2.75. The highest BCUT2D eigenvalue weighted by molar-refractivity contribution is 4.89. The van der Waals surface area contributed by atoms with E-state index in [9.17, 15) is 0 Å². The zero-order chi connectivity index (χ0) is 12.4. The summed E-state index contributed by atoms with van der Waals surface area (Å²) in [7, 11) is 0. The molecule has 0 aromatic rings. The van der Waals surface area contributed by atoms with Crippen molar-refractivity contribution in [2.45, 2.75) is 69.6 Å². The first kappa shape index (κ1) is 12.9. The van der Waals surface area contributed by atoms with E-state index in [0.29, 0.717) is 18.8 Å². The average molecular weight is 252 g/mol. The lowest BCUT2D eigenvalue weighted by Gasteiger charge is -2.45. The Kier molecular flexibility index (Phi) is 4.22. The third-order valence-electron chi connectivity index (χ3n) is 5.25. The van der Waals surface area contributed by atoms with E-state index in [2.05, 4.69) is 4.90 Å². The normalized spacial score (nSPS) is 41.8. The number of fused-ring (bicyclic) bond motifs is 1. The molecule has 0 spiro atoms. The maximum atomic E-state index is 6.03. The highest BCUT2D eigenvalue weighted by atomic mass is 16.5. The number of ether oxygens (including phenoxy) is 1. The Hall–Kier alpha value is -0.120. The second-order valence-electron chi connectivity index (χ2n) is 6.44. The van der Waals surface area contributed by atoms with Crippen LogP contribution in [-0.4, -0.2) is 42.8 Å². The van der Waals surface area contributed by atoms with Crippen molar-refractivity contribution in [3.8, 4) is 0 Å². The molecule has 2 aliphatic heterocycles. The molecule has 3 aliphatic rings. The van der Waals surface area contributed by atoms with Gasteiger partial charge in [0.25, 0.3) is 0 Å². The number of likely N-dealkylation sites (tertiary alicyclic amines) is 1. The minimum Gasteiger partial charge on any atom is -0.372 e. The van der Waals surface area contributed by atoms with Gasteiger partial charge in [-0.2, -0.15) is 0 Å². The average Bonchev–Trinajstić information content (AvgIpc) is 2.87. The summed E-state index contributed by atoms with van der Waals surface area (Å²) < 4.78 is 6.03. The minimum atomic E-state index is 0.335. The van der Waals surface area contributed by atoms with E-state index in [1.165, 1.54) is 57.9 Å². The van der Waals surface area contributed by atoms with Crippen molar-refractivity contribution >= 4 is 0 Å². The molecule has 3 rings (SSSR count). The molecule has 0 aromatic heterocycles. The van der Waals surface area contributed by atoms with Crippen LogP contribution in [0.1, 0.15) is 51.4 Å². The van der Waals surface area contributed by atoms with E-state index in [1.807, 2.05) is 0 Å². The lowest BCUT2D eigenvalue weighted by Crippen LogP contribution is -2.49. The van der Waals surface area contributed by atoms with Gasteiger partial charge in [-0.15, -0.1) is 0 Å². The van der Waals surface area contributed by atoms with Crippen LogP contribution in [0.4, 0.5) is 0 Å². The zero-order valence-corrected chi connectivity index (χ0v) is 11.5. The lowest BCUT2D eigenvalue weighted by molar-refractivity contribution is -0.0106. The predicted molar refractivity (Wildman–Crippen MR) is 73.5 cm³/mol. The summed E-state index contributed by atoms with van der Waals surface area (Å²) in [6.07, 6.45) is 11.8. The smallest absolute Gasteiger partial charge is 0.0707 e. The molecule has 3 heteroatoms. The van der Waals surface area contributed by atoms with Crippen molar-refractivity contribution in [1.82, 2.24) is 4.90 Å². The van der Waals surface area contributed by atoms with Crippen LogP contribution in [0.3, 0.4) is 0 Å². The largest absolute Gasteiger partial charge is 0.372 e. The van der Waals surface area contributed by atoms with Crippen molar-refractivity contribution in [2.75, 3.05) is 19.6 Å². The lowest BCUT2D eigenvalue weighted by atomic mass is 9.78. The number of hydrogen-bond acceptors (Lipinski definition) is 3. The SMILES string of the molecule is NCC1CCC(CN2CCC[C@H]3CCCC[C@H]32)O1. The molecule has 2 unspecified atom stereocenters. The van der Waals surface area contributed by atoms with E-state index in [4.69, 9.17) is 10.5 Å². The predicted octanol–water partition coefficient (Wildman–Crippen LogP) is 2.15. The molecule has 2 N–H and O–H groups in total. The zero-order valence-electron chi connectivity index (χ0n) is 11.5. The number of nitrogens with zero attached hydrogens (tertiary/aromatic N) is 1. The first-order valence-electron chi connectivity index (χ1n) is 7.96. The van der Waals surface area contributed by atoms with Crippen molar-refractivity contribution < 1.29 is 4.74 Å². The second-order valence-corrected chi connectivity index (χ2v) is 6.44. The number of rotatable bonds is 3. The molecule has 4 atom stereocenters. The first-order valence-corrected chi connectivity index (χ1v) is 7.96. The van der Waals surface area contributed by atoms with Crippen LogP contribution < -0.4 is 5.73 Å². The molecular formula is C15H28N2O. The Labute approximate surface area is 111 Å². The molecule has 3 nitrogen and oxygen atoms in total. The van der Waals surface area contributed by atoms with E-state index >= 15 is 0 Å².